The van der Waals surface area contributed by atoms with E-state index in [0.717, 1.165) is 25.0 Å². The third kappa shape index (κ3) is 4.13. The van der Waals surface area contributed by atoms with Crippen molar-refractivity contribution in [3.05, 3.63) is 28.8 Å². The number of halogens is 4. The molecule has 4 nitrogen and oxygen atoms in total. The maximum Gasteiger partial charge on any atom is 0.417 e. The molecule has 2 amide bonds. The molecule has 0 aromatic heterocycles. The van der Waals surface area contributed by atoms with Crippen LogP contribution in [-0.2, 0) is 15.8 Å². The van der Waals surface area contributed by atoms with Crippen LogP contribution in [0.3, 0.4) is 0 Å². The Hall–Kier alpha value is -1.76. The van der Waals surface area contributed by atoms with Gasteiger partial charge in [-0.25, -0.2) is 0 Å². The summed E-state index contributed by atoms with van der Waals surface area (Å²) in [6, 6.07) is 3.07. The smallest absolute Gasteiger partial charge is 0.342 e. The average Bonchev–Trinajstić information content (AvgIpc) is 2.93. The van der Waals surface area contributed by atoms with Gasteiger partial charge in [0.05, 0.1) is 10.6 Å². The summed E-state index contributed by atoms with van der Waals surface area (Å²) in [5, 5.41) is 1.85. The van der Waals surface area contributed by atoms with Gasteiger partial charge in [0.2, 0.25) is 11.8 Å². The maximum absolute atomic E-state index is 12.7. The number of amides is 2. The van der Waals surface area contributed by atoms with Crippen LogP contribution in [0, 0.1) is 0 Å². The monoisotopic (exact) mass is 334 g/mol. The van der Waals surface area contributed by atoms with Gasteiger partial charge in [0.15, 0.2) is 0 Å². The average molecular weight is 335 g/mol. The van der Waals surface area contributed by atoms with Crippen LogP contribution in [0.5, 0.6) is 0 Å². The first-order chi connectivity index (χ1) is 10.3. The number of carbonyl (C=O) groups is 2. The van der Waals surface area contributed by atoms with Crippen LogP contribution < -0.4 is 5.32 Å². The molecule has 0 radical (unpaired) electrons. The number of likely N-dealkylation sites (tertiary alicyclic amines) is 1. The van der Waals surface area contributed by atoms with Crippen LogP contribution in [0.1, 0.15) is 24.8 Å². The molecule has 0 spiro atoms. The molecule has 1 aliphatic heterocycles. The molecule has 120 valence electrons. The Labute approximate surface area is 130 Å². The third-order valence-corrected chi connectivity index (χ3v) is 3.66. The van der Waals surface area contributed by atoms with Crippen molar-refractivity contribution in [2.45, 2.75) is 25.4 Å². The number of rotatable bonds is 3. The Kier molecular flexibility index (Phi) is 4.95. The summed E-state index contributed by atoms with van der Waals surface area (Å²) in [6.07, 6.45) is -3.19. The van der Waals surface area contributed by atoms with Gasteiger partial charge in [0.25, 0.3) is 0 Å². The molecule has 1 heterocycles. The number of alkyl halides is 3. The predicted molar refractivity (Wildman–Crippen MR) is 75.5 cm³/mol. The van der Waals surface area contributed by atoms with Crippen molar-refractivity contribution in [2.24, 2.45) is 0 Å². The Bertz CT molecular complexity index is 584. The van der Waals surface area contributed by atoms with Crippen LogP contribution >= 0.6 is 11.6 Å². The Morgan fingerprint density at radius 3 is 2.45 bits per heavy atom. The third-order valence-electron chi connectivity index (χ3n) is 3.33. The van der Waals surface area contributed by atoms with Crippen molar-refractivity contribution in [1.29, 1.82) is 0 Å². The molecule has 8 heteroatoms. The zero-order valence-corrected chi connectivity index (χ0v) is 12.3. The zero-order chi connectivity index (χ0) is 16.3. The molecule has 0 atom stereocenters. The molecule has 1 aromatic rings. The van der Waals surface area contributed by atoms with Crippen LogP contribution in [0.15, 0.2) is 18.2 Å². The molecule has 2 rings (SSSR count). The quantitative estimate of drug-likeness (QED) is 0.862. The Morgan fingerprint density at radius 1 is 1.23 bits per heavy atom. The Balaban J connectivity index is 2.01. The van der Waals surface area contributed by atoms with Gasteiger partial charge in [0.1, 0.15) is 6.42 Å². The van der Waals surface area contributed by atoms with Crippen LogP contribution in [0.2, 0.25) is 5.02 Å². The van der Waals surface area contributed by atoms with E-state index in [-0.39, 0.29) is 18.0 Å². The first-order valence-electron chi connectivity index (χ1n) is 6.72. The van der Waals surface area contributed by atoms with Gasteiger partial charge in [-0.2, -0.15) is 13.2 Å². The Morgan fingerprint density at radius 2 is 1.86 bits per heavy atom. The van der Waals surface area contributed by atoms with Crippen molar-refractivity contribution in [1.82, 2.24) is 4.90 Å². The molecule has 0 unspecified atom stereocenters. The summed E-state index contributed by atoms with van der Waals surface area (Å²) in [7, 11) is 0. The number of carbonyl (C=O) groups excluding carboxylic acids is 2. The minimum atomic E-state index is -4.61. The highest BCUT2D eigenvalue weighted by Crippen LogP contribution is 2.36. The highest BCUT2D eigenvalue weighted by Gasteiger charge is 2.33. The fourth-order valence-electron chi connectivity index (χ4n) is 2.24. The van der Waals surface area contributed by atoms with E-state index in [1.54, 1.807) is 4.90 Å². The zero-order valence-electron chi connectivity index (χ0n) is 11.5. The number of hydrogen-bond acceptors (Lipinski definition) is 2. The van der Waals surface area contributed by atoms with Gasteiger partial charge in [-0.3, -0.25) is 9.59 Å². The van der Waals surface area contributed by atoms with E-state index < -0.39 is 22.7 Å². The molecule has 1 N–H and O–H groups in total. The largest absolute Gasteiger partial charge is 0.417 e. The fourth-order valence-corrected chi connectivity index (χ4v) is 2.47. The molecule has 1 saturated heterocycles. The topological polar surface area (TPSA) is 49.4 Å². The second-order valence-electron chi connectivity index (χ2n) is 5.01. The molecular weight excluding hydrogens is 321 g/mol. The summed E-state index contributed by atoms with van der Waals surface area (Å²) in [4.78, 5) is 25.1. The van der Waals surface area contributed by atoms with Crippen LogP contribution in [0.25, 0.3) is 0 Å². The van der Waals surface area contributed by atoms with Crippen molar-refractivity contribution < 1.29 is 22.8 Å². The highest BCUT2D eigenvalue weighted by atomic mass is 35.5. The van der Waals surface area contributed by atoms with Gasteiger partial charge in [-0.15, -0.1) is 0 Å². The SMILES string of the molecule is O=C(CC(=O)N1CCCC1)Nc1ccc(Cl)c(C(F)(F)F)c1. The van der Waals surface area contributed by atoms with E-state index in [9.17, 15) is 22.8 Å². The second kappa shape index (κ2) is 6.56. The fraction of sp³-hybridized carbons (Fsp3) is 0.429. The predicted octanol–water partition coefficient (Wildman–Crippen LogP) is 3.31. The van der Waals surface area contributed by atoms with Crippen LogP contribution in [0.4, 0.5) is 18.9 Å². The molecule has 1 fully saturated rings. The van der Waals surface area contributed by atoms with E-state index in [2.05, 4.69) is 5.32 Å². The molecule has 0 saturated carbocycles. The standard InChI is InChI=1S/C14H14ClF3N2O2/c15-11-4-3-9(7-10(11)14(16,17)18)19-12(21)8-13(22)20-5-1-2-6-20/h3-4,7H,1-2,5-6,8H2,(H,19,21). The van der Waals surface area contributed by atoms with E-state index >= 15 is 0 Å². The first-order valence-corrected chi connectivity index (χ1v) is 7.09. The highest BCUT2D eigenvalue weighted by molar-refractivity contribution is 6.31. The minimum Gasteiger partial charge on any atom is -0.342 e. The molecule has 1 aromatic carbocycles. The number of nitrogens with zero attached hydrogens (tertiary/aromatic N) is 1. The maximum atomic E-state index is 12.7. The normalized spacial score (nSPS) is 15.0. The number of hydrogen-bond donors (Lipinski definition) is 1. The summed E-state index contributed by atoms with van der Waals surface area (Å²) < 4.78 is 38.2. The molecule has 22 heavy (non-hydrogen) atoms. The van der Waals surface area contributed by atoms with Crippen molar-refractivity contribution in [3.63, 3.8) is 0 Å². The molecule has 0 aliphatic carbocycles. The van der Waals surface area contributed by atoms with Gasteiger partial charge in [-0.1, -0.05) is 11.6 Å². The van der Waals surface area contributed by atoms with Crippen molar-refractivity contribution in [3.8, 4) is 0 Å². The van der Waals surface area contributed by atoms with E-state index in [1.165, 1.54) is 6.07 Å². The van der Waals surface area contributed by atoms with E-state index in [1.807, 2.05) is 0 Å². The van der Waals surface area contributed by atoms with Gasteiger partial charge in [-0.05, 0) is 31.0 Å². The lowest BCUT2D eigenvalue weighted by Crippen LogP contribution is -2.31. The van der Waals surface area contributed by atoms with Crippen LogP contribution in [-0.4, -0.2) is 29.8 Å². The number of nitrogens with one attached hydrogen (secondary N) is 1. The lowest BCUT2D eigenvalue weighted by molar-refractivity contribution is -0.137. The minimum absolute atomic E-state index is 0.0454. The van der Waals surface area contributed by atoms with E-state index in [4.69, 9.17) is 11.6 Å². The molecule has 0 bridgehead atoms. The molecular formula is C14H14ClF3N2O2. The first kappa shape index (κ1) is 16.6. The van der Waals surface area contributed by atoms with Gasteiger partial charge < -0.3 is 10.2 Å². The number of benzene rings is 1. The number of anilines is 1. The lowest BCUT2D eigenvalue weighted by atomic mass is 10.2. The van der Waals surface area contributed by atoms with Gasteiger partial charge >= 0.3 is 6.18 Å². The summed E-state index contributed by atoms with van der Waals surface area (Å²) in [5.74, 6) is -0.965. The summed E-state index contributed by atoms with van der Waals surface area (Å²) >= 11 is 5.49. The second-order valence-corrected chi connectivity index (χ2v) is 5.41. The summed E-state index contributed by atoms with van der Waals surface area (Å²) in [5.41, 5.74) is -1.08. The van der Waals surface area contributed by atoms with Gasteiger partial charge in [0, 0.05) is 18.8 Å². The van der Waals surface area contributed by atoms with E-state index in [0.29, 0.717) is 13.1 Å². The van der Waals surface area contributed by atoms with Crippen molar-refractivity contribution >= 4 is 29.1 Å². The summed E-state index contributed by atoms with van der Waals surface area (Å²) in [6.45, 7) is 1.23. The lowest BCUT2D eigenvalue weighted by Gasteiger charge is -2.15. The molecule has 1 aliphatic rings. The van der Waals surface area contributed by atoms with Crippen molar-refractivity contribution in [2.75, 3.05) is 18.4 Å².